The smallest absolute Gasteiger partial charge is 0.370 e. The fraction of sp³-hybridized carbons (Fsp3) is 0.350. The van der Waals surface area contributed by atoms with E-state index in [1.807, 2.05) is 0 Å². The third kappa shape index (κ3) is 4.44. The number of benzene rings is 1. The number of rotatable bonds is 5. The fourth-order valence-corrected chi connectivity index (χ4v) is 3.40. The SMILES string of the molecule is O=C(NCC[NH+]1CCOCC1)c1cc2nc(-c3ccccc3)cc(C(F)(F)F)n2n1. The Morgan fingerprint density at radius 1 is 1.17 bits per heavy atom. The number of carbonyl (C=O) groups excluding carboxylic acids is 1. The molecule has 3 aromatic rings. The van der Waals surface area contributed by atoms with Gasteiger partial charge in [0.15, 0.2) is 17.0 Å². The number of ether oxygens (including phenoxy) is 1. The Bertz CT molecular complexity index is 1030. The molecule has 0 spiro atoms. The molecule has 30 heavy (non-hydrogen) atoms. The van der Waals surface area contributed by atoms with Gasteiger partial charge in [-0.3, -0.25) is 4.79 Å². The highest BCUT2D eigenvalue weighted by Crippen LogP contribution is 2.32. The maximum Gasteiger partial charge on any atom is 0.433 e. The molecular formula is C20H21F3N5O2+. The van der Waals surface area contributed by atoms with Crippen molar-refractivity contribution in [1.82, 2.24) is 19.9 Å². The van der Waals surface area contributed by atoms with Crippen molar-refractivity contribution in [1.29, 1.82) is 0 Å². The van der Waals surface area contributed by atoms with Crippen molar-refractivity contribution < 1.29 is 27.6 Å². The molecule has 1 amide bonds. The van der Waals surface area contributed by atoms with Gasteiger partial charge < -0.3 is 15.0 Å². The average molecular weight is 420 g/mol. The van der Waals surface area contributed by atoms with Crippen molar-refractivity contribution in [3.8, 4) is 11.3 Å². The van der Waals surface area contributed by atoms with Crippen LogP contribution in [-0.4, -0.2) is 59.9 Å². The number of carbonyl (C=O) groups is 1. The van der Waals surface area contributed by atoms with Crippen molar-refractivity contribution in [2.24, 2.45) is 0 Å². The van der Waals surface area contributed by atoms with E-state index in [4.69, 9.17) is 4.74 Å². The number of halogens is 3. The van der Waals surface area contributed by atoms with Gasteiger partial charge in [0, 0.05) is 11.6 Å². The molecule has 3 heterocycles. The molecule has 10 heteroatoms. The summed E-state index contributed by atoms with van der Waals surface area (Å²) in [5.74, 6) is -0.525. The number of alkyl halides is 3. The molecule has 0 aliphatic carbocycles. The van der Waals surface area contributed by atoms with E-state index in [0.717, 1.165) is 19.2 Å². The third-order valence-electron chi connectivity index (χ3n) is 4.98. The van der Waals surface area contributed by atoms with Gasteiger partial charge in [-0.2, -0.15) is 18.3 Å². The Morgan fingerprint density at radius 3 is 2.60 bits per heavy atom. The lowest BCUT2D eigenvalue weighted by Gasteiger charge is -2.23. The summed E-state index contributed by atoms with van der Waals surface area (Å²) in [6.07, 6.45) is -4.65. The third-order valence-corrected chi connectivity index (χ3v) is 4.98. The van der Waals surface area contributed by atoms with E-state index in [9.17, 15) is 18.0 Å². The van der Waals surface area contributed by atoms with E-state index < -0.39 is 17.8 Å². The van der Waals surface area contributed by atoms with E-state index in [-0.39, 0.29) is 17.0 Å². The number of amides is 1. The summed E-state index contributed by atoms with van der Waals surface area (Å²) in [7, 11) is 0. The second-order valence-corrected chi connectivity index (χ2v) is 7.06. The molecule has 7 nitrogen and oxygen atoms in total. The highest BCUT2D eigenvalue weighted by molar-refractivity contribution is 5.93. The zero-order valence-electron chi connectivity index (χ0n) is 16.1. The average Bonchev–Trinajstić information content (AvgIpc) is 3.18. The van der Waals surface area contributed by atoms with Gasteiger partial charge in [0.2, 0.25) is 0 Å². The number of nitrogens with zero attached hydrogens (tertiary/aromatic N) is 3. The van der Waals surface area contributed by atoms with Gasteiger partial charge in [-0.1, -0.05) is 30.3 Å². The quantitative estimate of drug-likeness (QED) is 0.648. The maximum absolute atomic E-state index is 13.6. The molecular weight excluding hydrogens is 399 g/mol. The molecule has 1 aliphatic heterocycles. The van der Waals surface area contributed by atoms with Crippen molar-refractivity contribution >= 4 is 11.6 Å². The first kappa shape index (κ1) is 20.3. The van der Waals surface area contributed by atoms with Gasteiger partial charge in [0.25, 0.3) is 5.91 Å². The number of aromatic nitrogens is 3. The number of morpholine rings is 1. The summed E-state index contributed by atoms with van der Waals surface area (Å²) in [6, 6.07) is 10.8. The minimum atomic E-state index is -4.65. The first-order chi connectivity index (χ1) is 14.4. The zero-order valence-corrected chi connectivity index (χ0v) is 16.1. The summed E-state index contributed by atoms with van der Waals surface area (Å²) in [5, 5.41) is 6.60. The van der Waals surface area contributed by atoms with Crippen molar-refractivity contribution in [2.45, 2.75) is 6.18 Å². The maximum atomic E-state index is 13.6. The minimum Gasteiger partial charge on any atom is -0.370 e. The minimum absolute atomic E-state index is 0.0346. The molecule has 0 unspecified atom stereocenters. The highest BCUT2D eigenvalue weighted by atomic mass is 19.4. The van der Waals surface area contributed by atoms with Crippen LogP contribution in [0.3, 0.4) is 0 Å². The second-order valence-electron chi connectivity index (χ2n) is 7.06. The predicted molar refractivity (Wildman–Crippen MR) is 102 cm³/mol. The highest BCUT2D eigenvalue weighted by Gasteiger charge is 2.35. The molecule has 0 bridgehead atoms. The van der Waals surface area contributed by atoms with Crippen LogP contribution in [0, 0.1) is 0 Å². The summed E-state index contributed by atoms with van der Waals surface area (Å²) >= 11 is 0. The van der Waals surface area contributed by atoms with Gasteiger partial charge in [-0.15, -0.1) is 0 Å². The van der Waals surface area contributed by atoms with Gasteiger partial charge in [-0.25, -0.2) is 9.50 Å². The predicted octanol–water partition coefficient (Wildman–Crippen LogP) is 1.06. The summed E-state index contributed by atoms with van der Waals surface area (Å²) in [6.45, 7) is 4.22. The lowest BCUT2D eigenvalue weighted by Crippen LogP contribution is -3.14. The Hall–Kier alpha value is -2.98. The Labute approximate surface area is 170 Å². The van der Waals surface area contributed by atoms with E-state index in [1.165, 1.54) is 11.0 Å². The zero-order chi connectivity index (χ0) is 21.1. The second kappa shape index (κ2) is 8.41. The Balaban J connectivity index is 1.58. The first-order valence-electron chi connectivity index (χ1n) is 9.65. The largest absolute Gasteiger partial charge is 0.433 e. The molecule has 0 saturated carbocycles. The summed E-state index contributed by atoms with van der Waals surface area (Å²) in [5.41, 5.74) is -0.407. The van der Waals surface area contributed by atoms with E-state index >= 15 is 0 Å². The molecule has 1 fully saturated rings. The van der Waals surface area contributed by atoms with Crippen LogP contribution in [0.15, 0.2) is 42.5 Å². The fourth-order valence-electron chi connectivity index (χ4n) is 3.40. The number of nitrogens with one attached hydrogen (secondary N) is 2. The first-order valence-corrected chi connectivity index (χ1v) is 9.65. The molecule has 158 valence electrons. The normalized spacial score (nSPS) is 15.4. The Morgan fingerprint density at radius 2 is 1.90 bits per heavy atom. The van der Waals surface area contributed by atoms with Gasteiger partial charge in [0.1, 0.15) is 13.1 Å². The monoisotopic (exact) mass is 420 g/mol. The molecule has 1 aromatic carbocycles. The van der Waals surface area contributed by atoms with Crippen molar-refractivity contribution in [3.63, 3.8) is 0 Å². The molecule has 2 N–H and O–H groups in total. The number of fused-ring (bicyclic) bond motifs is 1. The van der Waals surface area contributed by atoms with Crippen LogP contribution in [0.2, 0.25) is 0 Å². The van der Waals surface area contributed by atoms with Crippen molar-refractivity contribution in [2.75, 3.05) is 39.4 Å². The van der Waals surface area contributed by atoms with Crippen LogP contribution in [0.1, 0.15) is 16.2 Å². The van der Waals surface area contributed by atoms with Crippen LogP contribution in [0.25, 0.3) is 16.9 Å². The molecule has 2 aromatic heterocycles. The Kier molecular flexibility index (Phi) is 5.69. The van der Waals surface area contributed by atoms with Crippen molar-refractivity contribution in [3.05, 3.63) is 53.9 Å². The topological polar surface area (TPSA) is 73.0 Å². The van der Waals surface area contributed by atoms with E-state index in [2.05, 4.69) is 15.4 Å². The number of hydrogen-bond donors (Lipinski definition) is 2. The van der Waals surface area contributed by atoms with Gasteiger partial charge >= 0.3 is 6.18 Å². The van der Waals surface area contributed by atoms with E-state index in [0.29, 0.717) is 36.4 Å². The van der Waals surface area contributed by atoms with E-state index in [1.54, 1.807) is 30.3 Å². The lowest BCUT2D eigenvalue weighted by atomic mass is 10.1. The molecule has 4 rings (SSSR count). The van der Waals surface area contributed by atoms with Crippen LogP contribution in [0.4, 0.5) is 13.2 Å². The molecule has 1 saturated heterocycles. The number of hydrogen-bond acceptors (Lipinski definition) is 4. The van der Waals surface area contributed by atoms with Gasteiger partial charge in [0.05, 0.1) is 32.0 Å². The summed E-state index contributed by atoms with van der Waals surface area (Å²) < 4.78 is 46.9. The summed E-state index contributed by atoms with van der Waals surface area (Å²) in [4.78, 5) is 18.0. The van der Waals surface area contributed by atoms with Crippen LogP contribution in [-0.2, 0) is 10.9 Å². The van der Waals surface area contributed by atoms with Crippen LogP contribution < -0.4 is 10.2 Å². The molecule has 0 atom stereocenters. The van der Waals surface area contributed by atoms with Crippen LogP contribution >= 0.6 is 0 Å². The van der Waals surface area contributed by atoms with Crippen LogP contribution in [0.5, 0.6) is 0 Å². The molecule has 0 radical (unpaired) electrons. The number of quaternary nitrogens is 1. The molecule has 1 aliphatic rings. The standard InChI is InChI=1S/C20H20F3N5O2/c21-20(22,23)17-12-15(14-4-2-1-3-5-14)25-18-13-16(26-28(17)18)19(29)24-6-7-27-8-10-30-11-9-27/h1-5,12-13H,6-11H2,(H,24,29)/p+1. The van der Waals surface area contributed by atoms with Gasteiger partial charge in [-0.05, 0) is 6.07 Å². The lowest BCUT2D eigenvalue weighted by molar-refractivity contribution is -0.906.